The van der Waals surface area contributed by atoms with Gasteiger partial charge in [0.2, 0.25) is 6.54 Å². The van der Waals surface area contributed by atoms with E-state index in [2.05, 4.69) is 16.9 Å². The standard InChI is InChI=1S/C16H21N3O/c1-5-19-14(4)9-10-18(19)11-15(20)17-16-12(2)7-6-8-13(16)3/h6-10H,5,11H2,1-4H3/p+1. The fourth-order valence-corrected chi connectivity index (χ4v) is 2.47. The SMILES string of the molecule is CCn1c(C)cc[n+]1CC(=O)Nc1c(C)cccc1C. The highest BCUT2D eigenvalue weighted by Gasteiger charge is 2.16. The van der Waals surface area contributed by atoms with E-state index in [1.54, 1.807) is 0 Å². The molecule has 2 aromatic rings. The average molecular weight is 272 g/mol. The summed E-state index contributed by atoms with van der Waals surface area (Å²) in [6.45, 7) is 9.32. The quantitative estimate of drug-likeness (QED) is 0.853. The number of amides is 1. The van der Waals surface area contributed by atoms with E-state index in [0.29, 0.717) is 6.54 Å². The maximum Gasteiger partial charge on any atom is 0.292 e. The number of anilines is 1. The molecule has 2 rings (SSSR count). The largest absolute Gasteiger partial charge is 0.320 e. The number of para-hydroxylation sites is 1. The molecule has 4 heteroatoms. The molecule has 0 fully saturated rings. The number of hydrogen-bond acceptors (Lipinski definition) is 1. The molecule has 106 valence electrons. The van der Waals surface area contributed by atoms with E-state index in [9.17, 15) is 4.79 Å². The van der Waals surface area contributed by atoms with Gasteiger partial charge in [-0.2, -0.15) is 4.68 Å². The molecule has 0 spiro atoms. The minimum atomic E-state index is 0.000185. The van der Waals surface area contributed by atoms with Crippen LogP contribution in [0.25, 0.3) is 0 Å². The molecule has 20 heavy (non-hydrogen) atoms. The van der Waals surface area contributed by atoms with Gasteiger partial charge in [-0.15, -0.1) is 4.68 Å². The Morgan fingerprint density at radius 2 is 1.85 bits per heavy atom. The lowest BCUT2D eigenvalue weighted by molar-refractivity contribution is -0.764. The number of nitrogens with zero attached hydrogens (tertiary/aromatic N) is 2. The van der Waals surface area contributed by atoms with E-state index < -0.39 is 0 Å². The van der Waals surface area contributed by atoms with Crippen LogP contribution in [0.15, 0.2) is 30.5 Å². The van der Waals surface area contributed by atoms with Gasteiger partial charge in [-0.25, -0.2) is 0 Å². The van der Waals surface area contributed by atoms with Gasteiger partial charge in [-0.1, -0.05) is 18.2 Å². The molecule has 0 saturated carbocycles. The van der Waals surface area contributed by atoms with Crippen molar-refractivity contribution in [3.63, 3.8) is 0 Å². The zero-order valence-corrected chi connectivity index (χ0v) is 12.6. The minimum Gasteiger partial charge on any atom is -0.320 e. The summed E-state index contributed by atoms with van der Waals surface area (Å²) >= 11 is 0. The maximum absolute atomic E-state index is 12.2. The Balaban J connectivity index is 2.13. The van der Waals surface area contributed by atoms with Gasteiger partial charge in [0.15, 0.2) is 6.20 Å². The molecular weight excluding hydrogens is 250 g/mol. The first-order chi connectivity index (χ1) is 9.52. The highest BCUT2D eigenvalue weighted by Crippen LogP contribution is 2.19. The molecular formula is C16H22N3O+. The van der Waals surface area contributed by atoms with E-state index in [1.165, 1.54) is 0 Å². The number of aryl methyl sites for hydroxylation is 3. The highest BCUT2D eigenvalue weighted by molar-refractivity contribution is 5.91. The van der Waals surface area contributed by atoms with Crippen molar-refractivity contribution in [1.82, 2.24) is 4.68 Å². The van der Waals surface area contributed by atoms with Crippen LogP contribution in [0.1, 0.15) is 23.7 Å². The van der Waals surface area contributed by atoms with Crippen LogP contribution >= 0.6 is 0 Å². The van der Waals surface area contributed by atoms with Crippen LogP contribution in [0.3, 0.4) is 0 Å². The molecule has 1 aromatic heterocycles. The van der Waals surface area contributed by atoms with E-state index in [-0.39, 0.29) is 5.91 Å². The second kappa shape index (κ2) is 5.90. The molecule has 0 atom stereocenters. The van der Waals surface area contributed by atoms with Crippen molar-refractivity contribution in [3.8, 4) is 0 Å². The second-order valence-corrected chi connectivity index (χ2v) is 5.09. The van der Waals surface area contributed by atoms with E-state index in [4.69, 9.17) is 0 Å². The summed E-state index contributed by atoms with van der Waals surface area (Å²) in [4.78, 5) is 12.2. The lowest BCUT2D eigenvalue weighted by Crippen LogP contribution is -2.47. The fourth-order valence-electron chi connectivity index (χ4n) is 2.47. The van der Waals surface area contributed by atoms with Crippen LogP contribution in [0.4, 0.5) is 5.69 Å². The Morgan fingerprint density at radius 1 is 1.20 bits per heavy atom. The smallest absolute Gasteiger partial charge is 0.292 e. The Kier molecular flexibility index (Phi) is 4.23. The van der Waals surface area contributed by atoms with Crippen LogP contribution in [-0.4, -0.2) is 10.6 Å². The zero-order chi connectivity index (χ0) is 14.7. The van der Waals surface area contributed by atoms with Crippen molar-refractivity contribution in [3.05, 3.63) is 47.3 Å². The van der Waals surface area contributed by atoms with E-state index >= 15 is 0 Å². The summed E-state index contributed by atoms with van der Waals surface area (Å²) < 4.78 is 4.03. The van der Waals surface area contributed by atoms with Crippen molar-refractivity contribution >= 4 is 11.6 Å². The van der Waals surface area contributed by atoms with Crippen LogP contribution in [0.5, 0.6) is 0 Å². The molecule has 0 aliphatic heterocycles. The first-order valence-corrected chi connectivity index (χ1v) is 6.95. The highest BCUT2D eigenvalue weighted by atomic mass is 16.2. The normalized spacial score (nSPS) is 10.6. The van der Waals surface area contributed by atoms with Gasteiger partial charge in [0.25, 0.3) is 5.91 Å². The number of rotatable bonds is 4. The molecule has 0 radical (unpaired) electrons. The maximum atomic E-state index is 12.2. The van der Waals surface area contributed by atoms with Gasteiger partial charge in [-0.05, 0) is 38.8 Å². The zero-order valence-electron chi connectivity index (χ0n) is 12.6. The third-order valence-electron chi connectivity index (χ3n) is 3.56. The number of benzene rings is 1. The summed E-state index contributed by atoms with van der Waals surface area (Å²) in [5.74, 6) is 0.000185. The lowest BCUT2D eigenvalue weighted by atomic mass is 10.1. The first-order valence-electron chi connectivity index (χ1n) is 6.95. The summed E-state index contributed by atoms with van der Waals surface area (Å²) in [5.41, 5.74) is 4.26. The molecule has 0 aliphatic rings. The monoisotopic (exact) mass is 272 g/mol. The van der Waals surface area contributed by atoms with Crippen molar-refractivity contribution in [2.24, 2.45) is 0 Å². The van der Waals surface area contributed by atoms with Gasteiger partial charge in [-0.3, -0.25) is 4.79 Å². The van der Waals surface area contributed by atoms with Gasteiger partial charge in [0, 0.05) is 11.8 Å². The Hall–Kier alpha value is -2.10. The third-order valence-corrected chi connectivity index (χ3v) is 3.56. The van der Waals surface area contributed by atoms with E-state index in [0.717, 1.165) is 29.1 Å². The molecule has 1 aromatic carbocycles. The fraction of sp³-hybridized carbons (Fsp3) is 0.375. The summed E-state index contributed by atoms with van der Waals surface area (Å²) in [6.07, 6.45) is 1.95. The molecule has 0 saturated heterocycles. The molecule has 1 amide bonds. The number of aromatic nitrogens is 2. The summed E-state index contributed by atoms with van der Waals surface area (Å²) in [5, 5.41) is 3.01. The Bertz CT molecular complexity index is 608. The van der Waals surface area contributed by atoms with Crippen LogP contribution < -0.4 is 10.00 Å². The molecule has 0 bridgehead atoms. The number of carbonyl (C=O) groups is 1. The predicted octanol–water partition coefficient (Wildman–Crippen LogP) is 2.36. The predicted molar refractivity (Wildman–Crippen MR) is 79.6 cm³/mol. The Morgan fingerprint density at radius 3 is 2.45 bits per heavy atom. The van der Waals surface area contributed by atoms with Gasteiger partial charge < -0.3 is 5.32 Å². The van der Waals surface area contributed by atoms with Crippen molar-refractivity contribution < 1.29 is 9.48 Å². The van der Waals surface area contributed by atoms with E-state index in [1.807, 2.05) is 55.9 Å². The third kappa shape index (κ3) is 2.90. The molecule has 1 N–H and O–H groups in total. The van der Waals surface area contributed by atoms with Gasteiger partial charge in [0.1, 0.15) is 0 Å². The van der Waals surface area contributed by atoms with Gasteiger partial charge >= 0.3 is 0 Å². The summed E-state index contributed by atoms with van der Waals surface area (Å²) in [6, 6.07) is 8.04. The van der Waals surface area contributed by atoms with Crippen molar-refractivity contribution in [2.45, 2.75) is 40.8 Å². The number of carbonyl (C=O) groups excluding carboxylic acids is 1. The van der Waals surface area contributed by atoms with Crippen LogP contribution in [0.2, 0.25) is 0 Å². The molecule has 4 nitrogen and oxygen atoms in total. The Labute approximate surface area is 120 Å². The van der Waals surface area contributed by atoms with Gasteiger partial charge in [0.05, 0.1) is 12.2 Å². The number of nitrogens with one attached hydrogen (secondary N) is 1. The topological polar surface area (TPSA) is 37.9 Å². The second-order valence-electron chi connectivity index (χ2n) is 5.09. The van der Waals surface area contributed by atoms with Crippen LogP contribution in [-0.2, 0) is 17.9 Å². The average Bonchev–Trinajstić information content (AvgIpc) is 2.74. The number of hydrogen-bond donors (Lipinski definition) is 1. The first kappa shape index (κ1) is 14.3. The summed E-state index contributed by atoms with van der Waals surface area (Å²) in [7, 11) is 0. The van der Waals surface area contributed by atoms with Crippen molar-refractivity contribution in [1.29, 1.82) is 0 Å². The molecule has 0 aliphatic carbocycles. The molecule has 1 heterocycles. The lowest BCUT2D eigenvalue weighted by Gasteiger charge is -2.10. The van der Waals surface area contributed by atoms with Crippen LogP contribution in [0, 0.1) is 20.8 Å². The molecule has 0 unspecified atom stereocenters. The minimum absolute atomic E-state index is 0.000185. The van der Waals surface area contributed by atoms with Crippen molar-refractivity contribution in [2.75, 3.05) is 5.32 Å².